The monoisotopic (exact) mass is 255 g/mol. The van der Waals surface area contributed by atoms with E-state index in [-0.39, 0.29) is 6.03 Å². The van der Waals surface area contributed by atoms with E-state index in [1.165, 1.54) is 25.7 Å². The van der Waals surface area contributed by atoms with Gasteiger partial charge in [-0.25, -0.2) is 4.79 Å². The van der Waals surface area contributed by atoms with Crippen molar-refractivity contribution in [2.45, 2.75) is 58.4 Å². The molecule has 1 aliphatic rings. The van der Waals surface area contributed by atoms with Crippen LogP contribution in [0, 0.1) is 5.92 Å². The maximum Gasteiger partial charge on any atom is 0.314 e. The van der Waals surface area contributed by atoms with Gasteiger partial charge in [-0.2, -0.15) is 0 Å². The molecule has 0 saturated carbocycles. The number of piperidine rings is 1. The summed E-state index contributed by atoms with van der Waals surface area (Å²) in [7, 11) is 0. The van der Waals surface area contributed by atoms with Crippen molar-refractivity contribution in [3.05, 3.63) is 0 Å². The highest BCUT2D eigenvalue weighted by Crippen LogP contribution is 2.14. The van der Waals surface area contributed by atoms with E-state index in [2.05, 4.69) is 19.2 Å². The molecular formula is C14H29N3O. The number of urea groups is 1. The number of carbonyl (C=O) groups excluding carboxylic acids is 1. The molecule has 106 valence electrons. The third-order valence-electron chi connectivity index (χ3n) is 4.05. The minimum atomic E-state index is -0.275. The Kier molecular flexibility index (Phi) is 7.09. The van der Waals surface area contributed by atoms with Gasteiger partial charge in [0.05, 0.1) is 0 Å². The van der Waals surface area contributed by atoms with Gasteiger partial charge in [-0.3, -0.25) is 0 Å². The van der Waals surface area contributed by atoms with E-state index in [0.717, 1.165) is 38.4 Å². The smallest absolute Gasteiger partial charge is 0.314 e. The van der Waals surface area contributed by atoms with Crippen molar-refractivity contribution in [2.75, 3.05) is 19.6 Å². The van der Waals surface area contributed by atoms with Gasteiger partial charge in [0.1, 0.15) is 0 Å². The molecule has 1 rings (SSSR count). The molecule has 2 amide bonds. The Morgan fingerprint density at radius 2 is 2.06 bits per heavy atom. The van der Waals surface area contributed by atoms with Gasteiger partial charge in [0.2, 0.25) is 0 Å². The van der Waals surface area contributed by atoms with Gasteiger partial charge in [0.15, 0.2) is 0 Å². The number of primary amides is 1. The van der Waals surface area contributed by atoms with E-state index >= 15 is 0 Å². The van der Waals surface area contributed by atoms with Crippen LogP contribution >= 0.6 is 0 Å². The number of hydrogen-bond donors (Lipinski definition) is 2. The number of rotatable bonds is 7. The number of nitrogens with one attached hydrogen (secondary N) is 1. The van der Waals surface area contributed by atoms with Gasteiger partial charge in [-0.15, -0.1) is 0 Å². The van der Waals surface area contributed by atoms with E-state index < -0.39 is 0 Å². The quantitative estimate of drug-likeness (QED) is 0.733. The molecule has 0 aromatic rings. The molecule has 1 atom stereocenters. The summed E-state index contributed by atoms with van der Waals surface area (Å²) < 4.78 is 0. The fourth-order valence-electron chi connectivity index (χ4n) is 2.58. The first-order valence-corrected chi connectivity index (χ1v) is 7.45. The Bertz CT molecular complexity index is 237. The summed E-state index contributed by atoms with van der Waals surface area (Å²) in [5.41, 5.74) is 5.28. The molecule has 0 aromatic carbocycles. The van der Waals surface area contributed by atoms with Gasteiger partial charge < -0.3 is 16.0 Å². The predicted molar refractivity (Wildman–Crippen MR) is 75.5 cm³/mol. The van der Waals surface area contributed by atoms with Gasteiger partial charge in [0, 0.05) is 19.1 Å². The number of carbonyl (C=O) groups is 1. The molecule has 4 heteroatoms. The molecule has 3 N–H and O–H groups in total. The highest BCUT2D eigenvalue weighted by molar-refractivity contribution is 5.72. The lowest BCUT2D eigenvalue weighted by molar-refractivity contribution is 0.183. The van der Waals surface area contributed by atoms with Gasteiger partial charge in [0.25, 0.3) is 0 Å². The van der Waals surface area contributed by atoms with E-state index in [4.69, 9.17) is 5.73 Å². The topological polar surface area (TPSA) is 58.4 Å². The Balaban J connectivity index is 2.18. The number of hydrogen-bond acceptors (Lipinski definition) is 2. The zero-order chi connectivity index (χ0) is 13.4. The lowest BCUT2D eigenvalue weighted by Crippen LogP contribution is -2.47. The maximum atomic E-state index is 11.0. The Labute approximate surface area is 111 Å². The first-order valence-electron chi connectivity index (χ1n) is 7.45. The SMILES string of the molecule is CCCCC(CC)CNC1CCN(C(N)=O)CC1. The molecule has 1 saturated heterocycles. The molecule has 1 unspecified atom stereocenters. The fraction of sp³-hybridized carbons (Fsp3) is 0.929. The molecule has 0 aliphatic carbocycles. The van der Waals surface area contributed by atoms with Crippen molar-refractivity contribution in [1.82, 2.24) is 10.2 Å². The molecule has 4 nitrogen and oxygen atoms in total. The van der Waals surface area contributed by atoms with Gasteiger partial charge in [-0.05, 0) is 31.7 Å². The summed E-state index contributed by atoms with van der Waals surface area (Å²) in [5.74, 6) is 0.805. The molecule has 1 aliphatic heterocycles. The van der Waals surface area contributed by atoms with Crippen LogP contribution in [0.5, 0.6) is 0 Å². The second-order valence-electron chi connectivity index (χ2n) is 5.42. The lowest BCUT2D eigenvalue weighted by atomic mass is 9.98. The van der Waals surface area contributed by atoms with Crippen molar-refractivity contribution in [2.24, 2.45) is 11.7 Å². The largest absolute Gasteiger partial charge is 0.351 e. The predicted octanol–water partition coefficient (Wildman–Crippen LogP) is 2.34. The van der Waals surface area contributed by atoms with Crippen LogP contribution in [-0.4, -0.2) is 36.6 Å². The van der Waals surface area contributed by atoms with Crippen LogP contribution in [0.3, 0.4) is 0 Å². The Hall–Kier alpha value is -0.770. The van der Waals surface area contributed by atoms with Crippen LogP contribution < -0.4 is 11.1 Å². The number of nitrogens with zero attached hydrogens (tertiary/aromatic N) is 1. The molecular weight excluding hydrogens is 226 g/mol. The molecule has 18 heavy (non-hydrogen) atoms. The van der Waals surface area contributed by atoms with E-state index in [1.807, 2.05) is 0 Å². The minimum Gasteiger partial charge on any atom is -0.351 e. The van der Waals surface area contributed by atoms with Gasteiger partial charge in [-0.1, -0.05) is 33.1 Å². The third kappa shape index (κ3) is 5.25. The summed E-state index contributed by atoms with van der Waals surface area (Å²) in [6.45, 7) is 7.26. The van der Waals surface area contributed by atoms with Crippen molar-refractivity contribution in [3.63, 3.8) is 0 Å². The van der Waals surface area contributed by atoms with Crippen LogP contribution in [0.15, 0.2) is 0 Å². The molecule has 0 spiro atoms. The van der Waals surface area contributed by atoms with Crippen LogP contribution in [0.2, 0.25) is 0 Å². The second-order valence-corrected chi connectivity index (χ2v) is 5.42. The van der Waals surface area contributed by atoms with Crippen LogP contribution in [0.25, 0.3) is 0 Å². The van der Waals surface area contributed by atoms with E-state index in [9.17, 15) is 4.79 Å². The summed E-state index contributed by atoms with van der Waals surface area (Å²) in [4.78, 5) is 12.8. The molecule has 0 radical (unpaired) electrons. The molecule has 0 bridgehead atoms. The van der Waals surface area contributed by atoms with E-state index in [0.29, 0.717) is 6.04 Å². The van der Waals surface area contributed by atoms with Crippen LogP contribution in [0.1, 0.15) is 52.4 Å². The molecule has 1 fully saturated rings. The summed E-state index contributed by atoms with van der Waals surface area (Å²) >= 11 is 0. The first kappa shape index (κ1) is 15.3. The van der Waals surface area contributed by atoms with E-state index in [1.54, 1.807) is 4.90 Å². The van der Waals surface area contributed by atoms with Crippen molar-refractivity contribution in [1.29, 1.82) is 0 Å². The maximum absolute atomic E-state index is 11.0. The summed E-state index contributed by atoms with van der Waals surface area (Å²) in [5, 5.41) is 3.66. The average Bonchev–Trinajstić information content (AvgIpc) is 2.39. The lowest BCUT2D eigenvalue weighted by Gasteiger charge is -2.32. The van der Waals surface area contributed by atoms with Crippen molar-refractivity contribution in [3.8, 4) is 0 Å². The summed E-state index contributed by atoms with van der Waals surface area (Å²) in [6.07, 6.45) is 7.28. The highest BCUT2D eigenvalue weighted by atomic mass is 16.2. The normalized spacial score (nSPS) is 18.9. The Morgan fingerprint density at radius 3 is 2.56 bits per heavy atom. The molecule has 1 heterocycles. The second kappa shape index (κ2) is 8.35. The van der Waals surface area contributed by atoms with Crippen molar-refractivity contribution >= 4 is 6.03 Å². The summed E-state index contributed by atoms with van der Waals surface area (Å²) in [6, 6.07) is 0.291. The standard InChI is InChI=1S/C14H29N3O/c1-3-5-6-12(4-2)11-16-13-7-9-17(10-8-13)14(15)18/h12-13,16H,3-11H2,1-2H3,(H2,15,18). The van der Waals surface area contributed by atoms with Gasteiger partial charge >= 0.3 is 6.03 Å². The fourth-order valence-corrected chi connectivity index (χ4v) is 2.58. The molecule has 0 aromatic heterocycles. The zero-order valence-electron chi connectivity index (χ0n) is 12.0. The zero-order valence-corrected chi connectivity index (χ0v) is 12.0. The number of likely N-dealkylation sites (tertiary alicyclic amines) is 1. The average molecular weight is 255 g/mol. The van der Waals surface area contributed by atoms with Crippen LogP contribution in [0.4, 0.5) is 4.79 Å². The minimum absolute atomic E-state index is 0.275. The highest BCUT2D eigenvalue weighted by Gasteiger charge is 2.21. The first-order chi connectivity index (χ1) is 8.67. The number of amides is 2. The van der Waals surface area contributed by atoms with Crippen molar-refractivity contribution < 1.29 is 4.79 Å². The number of nitrogens with two attached hydrogens (primary N) is 1. The third-order valence-corrected chi connectivity index (χ3v) is 4.05. The Morgan fingerprint density at radius 1 is 1.39 bits per heavy atom. The van der Waals surface area contributed by atoms with Crippen LogP contribution in [-0.2, 0) is 0 Å². The number of unbranched alkanes of at least 4 members (excludes halogenated alkanes) is 1.